The Labute approximate surface area is 215 Å². The van der Waals surface area contributed by atoms with E-state index in [9.17, 15) is 9.59 Å². The molecule has 0 fully saturated rings. The van der Waals surface area contributed by atoms with E-state index in [0.717, 1.165) is 33.4 Å². The Kier molecular flexibility index (Phi) is 7.50. The fraction of sp³-hybridized carbons (Fsp3) is 0.375. The Morgan fingerprint density at radius 2 is 0.944 bits per heavy atom. The van der Waals surface area contributed by atoms with Crippen LogP contribution in [0.3, 0.4) is 0 Å². The number of carbonyl (C=O) groups excluding carboxylic acids is 2. The Bertz CT molecular complexity index is 1220. The van der Waals surface area contributed by atoms with Gasteiger partial charge in [0.05, 0.1) is 11.1 Å². The molecule has 0 spiro atoms. The Morgan fingerprint density at radius 3 is 1.28 bits per heavy atom. The standard InChI is InChI=1S/C32H38O4/c1-19-14-21(3)27(25(16-19)31(5,6)7)35-29(33)23-12-11-13-24(18-23)30(34)36-28-22(4)15-20(2)17-26(28)32(8,9)10/h11-18H,1-10H3. The van der Waals surface area contributed by atoms with Crippen molar-refractivity contribution in [1.82, 2.24) is 0 Å². The van der Waals surface area contributed by atoms with E-state index in [1.807, 2.05) is 39.8 Å². The molecule has 0 saturated heterocycles. The first kappa shape index (κ1) is 27.2. The van der Waals surface area contributed by atoms with E-state index < -0.39 is 11.9 Å². The molecule has 0 N–H and O–H groups in total. The van der Waals surface area contributed by atoms with Crippen LogP contribution in [0.1, 0.15) is 95.6 Å². The van der Waals surface area contributed by atoms with Crippen LogP contribution in [0.15, 0.2) is 48.5 Å². The monoisotopic (exact) mass is 486 g/mol. The van der Waals surface area contributed by atoms with Crippen LogP contribution < -0.4 is 9.47 Å². The largest absolute Gasteiger partial charge is 0.422 e. The summed E-state index contributed by atoms with van der Waals surface area (Å²) in [4.78, 5) is 26.3. The molecule has 0 unspecified atom stereocenters. The molecule has 0 bridgehead atoms. The van der Waals surface area contributed by atoms with Gasteiger partial charge < -0.3 is 9.47 Å². The van der Waals surface area contributed by atoms with Crippen molar-refractivity contribution in [3.63, 3.8) is 0 Å². The molecular weight excluding hydrogens is 448 g/mol. The van der Waals surface area contributed by atoms with Gasteiger partial charge in [0, 0.05) is 11.1 Å². The van der Waals surface area contributed by atoms with Gasteiger partial charge in [0.15, 0.2) is 0 Å². The summed E-state index contributed by atoms with van der Waals surface area (Å²) >= 11 is 0. The number of hydrogen-bond donors (Lipinski definition) is 0. The van der Waals surface area contributed by atoms with E-state index in [-0.39, 0.29) is 10.8 Å². The summed E-state index contributed by atoms with van der Waals surface area (Å²) < 4.78 is 11.8. The molecule has 0 aliphatic rings. The maximum atomic E-state index is 13.2. The first-order chi connectivity index (χ1) is 16.6. The Morgan fingerprint density at radius 1 is 0.583 bits per heavy atom. The van der Waals surface area contributed by atoms with Crippen LogP contribution in [0.2, 0.25) is 0 Å². The average molecular weight is 487 g/mol. The van der Waals surface area contributed by atoms with Crippen LogP contribution >= 0.6 is 0 Å². The normalized spacial score (nSPS) is 11.8. The molecule has 36 heavy (non-hydrogen) atoms. The highest BCUT2D eigenvalue weighted by molar-refractivity contribution is 5.97. The summed E-state index contributed by atoms with van der Waals surface area (Å²) in [7, 11) is 0. The number of benzene rings is 3. The minimum absolute atomic E-state index is 0.200. The highest BCUT2D eigenvalue weighted by Gasteiger charge is 2.25. The summed E-state index contributed by atoms with van der Waals surface area (Å²) in [5.41, 5.74) is 6.14. The topological polar surface area (TPSA) is 52.6 Å². The zero-order valence-electron chi connectivity index (χ0n) is 23.3. The zero-order chi connectivity index (χ0) is 27.0. The number of ether oxygens (including phenoxy) is 2. The lowest BCUT2D eigenvalue weighted by atomic mass is 9.84. The van der Waals surface area contributed by atoms with Crippen molar-refractivity contribution < 1.29 is 19.1 Å². The van der Waals surface area contributed by atoms with Crippen molar-refractivity contribution in [3.05, 3.63) is 93.0 Å². The number of carbonyl (C=O) groups is 2. The predicted molar refractivity (Wildman–Crippen MR) is 146 cm³/mol. The lowest BCUT2D eigenvalue weighted by Crippen LogP contribution is -2.19. The molecule has 3 rings (SSSR count). The van der Waals surface area contributed by atoms with Crippen LogP contribution in [0.4, 0.5) is 0 Å². The number of aryl methyl sites for hydroxylation is 4. The van der Waals surface area contributed by atoms with E-state index in [4.69, 9.17) is 9.47 Å². The van der Waals surface area contributed by atoms with E-state index in [1.165, 1.54) is 6.07 Å². The molecule has 190 valence electrons. The number of hydrogen-bond acceptors (Lipinski definition) is 4. The molecule has 0 atom stereocenters. The van der Waals surface area contributed by atoms with Crippen molar-refractivity contribution in [2.75, 3.05) is 0 Å². The third-order valence-corrected chi connectivity index (χ3v) is 6.18. The molecule has 0 heterocycles. The molecule has 0 saturated carbocycles. The van der Waals surface area contributed by atoms with Gasteiger partial charge in [-0.1, -0.05) is 83.0 Å². The molecule has 4 nitrogen and oxygen atoms in total. The lowest BCUT2D eigenvalue weighted by molar-refractivity contribution is 0.0730. The van der Waals surface area contributed by atoms with E-state index in [1.54, 1.807) is 18.2 Å². The SMILES string of the molecule is Cc1cc(C)c(OC(=O)c2cccc(C(=O)Oc3c(C)cc(C)cc3C(C)(C)C)c2)c(C(C)(C)C)c1. The fourth-order valence-corrected chi connectivity index (χ4v) is 4.37. The van der Waals surface area contributed by atoms with Gasteiger partial charge >= 0.3 is 11.9 Å². The molecule has 3 aromatic rings. The van der Waals surface area contributed by atoms with Gasteiger partial charge in [0.2, 0.25) is 0 Å². The molecule has 3 aromatic carbocycles. The second-order valence-electron chi connectivity index (χ2n) is 11.8. The minimum Gasteiger partial charge on any atom is -0.422 e. The second kappa shape index (κ2) is 9.93. The van der Waals surface area contributed by atoms with Crippen LogP contribution in [-0.2, 0) is 10.8 Å². The Balaban J connectivity index is 1.92. The molecule has 4 heteroatoms. The molecule has 0 aromatic heterocycles. The highest BCUT2D eigenvalue weighted by atomic mass is 16.5. The van der Waals surface area contributed by atoms with Gasteiger partial charge in [-0.25, -0.2) is 9.59 Å². The quantitative estimate of drug-likeness (QED) is 0.277. The van der Waals surface area contributed by atoms with Crippen molar-refractivity contribution in [1.29, 1.82) is 0 Å². The molecular formula is C32H38O4. The maximum absolute atomic E-state index is 13.2. The average Bonchev–Trinajstić information content (AvgIpc) is 2.75. The molecule has 0 aliphatic carbocycles. The van der Waals surface area contributed by atoms with E-state index in [0.29, 0.717) is 22.6 Å². The third kappa shape index (κ3) is 6.04. The third-order valence-electron chi connectivity index (χ3n) is 6.18. The number of rotatable bonds is 4. The predicted octanol–water partition coefficient (Wildman–Crippen LogP) is 7.95. The van der Waals surface area contributed by atoms with Crippen molar-refractivity contribution >= 4 is 11.9 Å². The van der Waals surface area contributed by atoms with Crippen LogP contribution in [0.25, 0.3) is 0 Å². The van der Waals surface area contributed by atoms with Crippen LogP contribution in [0.5, 0.6) is 11.5 Å². The second-order valence-corrected chi connectivity index (χ2v) is 11.8. The lowest BCUT2D eigenvalue weighted by Gasteiger charge is -2.24. The van der Waals surface area contributed by atoms with Gasteiger partial charge in [-0.2, -0.15) is 0 Å². The first-order valence-electron chi connectivity index (χ1n) is 12.4. The van der Waals surface area contributed by atoms with Gasteiger partial charge in [-0.15, -0.1) is 0 Å². The van der Waals surface area contributed by atoms with Gasteiger partial charge in [0.25, 0.3) is 0 Å². The highest BCUT2D eigenvalue weighted by Crippen LogP contribution is 2.37. The maximum Gasteiger partial charge on any atom is 0.343 e. The summed E-state index contributed by atoms with van der Waals surface area (Å²) in [6.45, 7) is 20.5. The van der Waals surface area contributed by atoms with Crippen LogP contribution in [0, 0.1) is 27.7 Å². The van der Waals surface area contributed by atoms with E-state index in [2.05, 4.69) is 53.7 Å². The van der Waals surface area contributed by atoms with Gasteiger partial charge in [0.1, 0.15) is 11.5 Å². The molecule has 0 radical (unpaired) electrons. The van der Waals surface area contributed by atoms with Crippen molar-refractivity contribution in [2.24, 2.45) is 0 Å². The smallest absolute Gasteiger partial charge is 0.343 e. The Hall–Kier alpha value is -3.40. The zero-order valence-corrected chi connectivity index (χ0v) is 23.3. The molecule has 0 amide bonds. The van der Waals surface area contributed by atoms with Gasteiger partial charge in [-0.3, -0.25) is 0 Å². The van der Waals surface area contributed by atoms with Crippen molar-refractivity contribution in [3.8, 4) is 11.5 Å². The summed E-state index contributed by atoms with van der Waals surface area (Å²) in [6, 6.07) is 14.6. The van der Waals surface area contributed by atoms with Crippen molar-refractivity contribution in [2.45, 2.75) is 80.1 Å². The first-order valence-corrected chi connectivity index (χ1v) is 12.4. The summed E-state index contributed by atoms with van der Waals surface area (Å²) in [5.74, 6) is 0.111. The van der Waals surface area contributed by atoms with Crippen LogP contribution in [-0.4, -0.2) is 11.9 Å². The fourth-order valence-electron chi connectivity index (χ4n) is 4.37. The molecule has 0 aliphatic heterocycles. The summed E-state index contributed by atoms with van der Waals surface area (Å²) in [6.07, 6.45) is 0. The van der Waals surface area contributed by atoms with E-state index >= 15 is 0 Å². The van der Waals surface area contributed by atoms with Gasteiger partial charge in [-0.05, 0) is 67.9 Å². The number of esters is 2. The minimum atomic E-state index is -0.510. The summed E-state index contributed by atoms with van der Waals surface area (Å²) in [5, 5.41) is 0.